The molecule has 1 rings (SSSR count). The molecule has 0 aliphatic heterocycles. The largest absolute Gasteiger partial charge is 0.305 e. The van der Waals surface area contributed by atoms with Gasteiger partial charge in [0.15, 0.2) is 0 Å². The molecule has 2 heteroatoms. The summed E-state index contributed by atoms with van der Waals surface area (Å²) in [5.41, 5.74) is 0. The van der Waals surface area contributed by atoms with Crippen LogP contribution < -0.4 is 0 Å². The Balaban J connectivity index is 2.13. The average Bonchev–Trinajstić information content (AvgIpc) is 2.34. The molecule has 0 saturated heterocycles. The number of nitrogens with zero attached hydrogens (tertiary/aromatic N) is 2. The summed E-state index contributed by atoms with van der Waals surface area (Å²) >= 11 is 0. The normalized spacial score (nSPS) is 19.6. The van der Waals surface area contributed by atoms with E-state index in [0.717, 1.165) is 18.9 Å². The smallest absolute Gasteiger partial charge is 0.0669 e. The molecule has 0 bridgehead atoms. The van der Waals surface area contributed by atoms with Crippen LogP contribution in [0.2, 0.25) is 0 Å². The third kappa shape index (κ3) is 4.99. The van der Waals surface area contributed by atoms with Gasteiger partial charge in [-0.25, -0.2) is 0 Å². The summed E-state index contributed by atoms with van der Waals surface area (Å²) in [7, 11) is 2.16. The van der Waals surface area contributed by atoms with Gasteiger partial charge in [0.25, 0.3) is 0 Å². The van der Waals surface area contributed by atoms with Crippen molar-refractivity contribution in [3.8, 4) is 6.07 Å². The monoisotopic (exact) mass is 222 g/mol. The molecular weight excluding hydrogens is 196 g/mol. The molecule has 1 aliphatic carbocycles. The maximum Gasteiger partial charge on any atom is 0.0669 e. The first kappa shape index (κ1) is 13.5. The van der Waals surface area contributed by atoms with Crippen LogP contribution in [0.4, 0.5) is 0 Å². The van der Waals surface area contributed by atoms with Gasteiger partial charge in [-0.1, -0.05) is 39.0 Å². The molecule has 92 valence electrons. The summed E-state index contributed by atoms with van der Waals surface area (Å²) in [4.78, 5) is 2.34. The highest BCUT2D eigenvalue weighted by Gasteiger charge is 2.15. The Labute approximate surface area is 101 Å². The number of hydrogen-bond donors (Lipinski definition) is 0. The van der Waals surface area contributed by atoms with Gasteiger partial charge in [0.05, 0.1) is 12.0 Å². The molecule has 1 saturated carbocycles. The highest BCUT2D eigenvalue weighted by atomic mass is 15.1. The maximum absolute atomic E-state index is 8.92. The van der Waals surface area contributed by atoms with Crippen LogP contribution in [0, 0.1) is 23.2 Å². The number of nitriles is 1. The van der Waals surface area contributed by atoms with Crippen LogP contribution in [-0.2, 0) is 0 Å². The van der Waals surface area contributed by atoms with Crippen LogP contribution in [0.5, 0.6) is 0 Å². The molecule has 1 fully saturated rings. The van der Waals surface area contributed by atoms with E-state index < -0.39 is 0 Å². The van der Waals surface area contributed by atoms with Crippen molar-refractivity contribution in [3.05, 3.63) is 0 Å². The number of hydrogen-bond acceptors (Lipinski definition) is 2. The minimum absolute atomic E-state index is 0.219. The molecule has 0 N–H and O–H groups in total. The van der Waals surface area contributed by atoms with Gasteiger partial charge in [-0.15, -0.1) is 0 Å². The Morgan fingerprint density at radius 3 is 2.56 bits per heavy atom. The molecule has 1 aliphatic rings. The summed E-state index contributed by atoms with van der Waals surface area (Å²) in [6.45, 7) is 4.21. The van der Waals surface area contributed by atoms with Crippen molar-refractivity contribution in [2.24, 2.45) is 11.8 Å². The first-order chi connectivity index (χ1) is 7.76. The summed E-state index contributed by atoms with van der Waals surface area (Å²) in [5, 5.41) is 8.92. The van der Waals surface area contributed by atoms with Crippen molar-refractivity contribution >= 4 is 0 Å². The standard InChI is InChI=1S/C14H26N2/c1-3-13(11-15)12-16(2)10-9-14-7-5-4-6-8-14/h13-14H,3-10,12H2,1-2H3. The van der Waals surface area contributed by atoms with Gasteiger partial charge in [-0.3, -0.25) is 0 Å². The Bertz CT molecular complexity index is 213. The van der Waals surface area contributed by atoms with E-state index in [1.54, 1.807) is 0 Å². The van der Waals surface area contributed by atoms with Crippen LogP contribution in [0.1, 0.15) is 51.9 Å². The minimum atomic E-state index is 0.219. The fourth-order valence-corrected chi connectivity index (χ4v) is 2.61. The van der Waals surface area contributed by atoms with Gasteiger partial charge in [0.1, 0.15) is 0 Å². The van der Waals surface area contributed by atoms with Crippen LogP contribution in [-0.4, -0.2) is 25.0 Å². The molecular formula is C14H26N2. The third-order valence-electron chi connectivity index (χ3n) is 3.85. The lowest BCUT2D eigenvalue weighted by molar-refractivity contribution is 0.249. The van der Waals surface area contributed by atoms with Gasteiger partial charge in [-0.2, -0.15) is 5.26 Å². The highest BCUT2D eigenvalue weighted by Crippen LogP contribution is 2.26. The molecule has 0 aromatic heterocycles. The Hall–Kier alpha value is -0.550. The first-order valence-corrected chi connectivity index (χ1v) is 6.84. The lowest BCUT2D eigenvalue weighted by atomic mass is 9.87. The Morgan fingerprint density at radius 1 is 1.31 bits per heavy atom. The summed E-state index contributed by atoms with van der Waals surface area (Å²) < 4.78 is 0. The van der Waals surface area contributed by atoms with E-state index in [2.05, 4.69) is 24.9 Å². The van der Waals surface area contributed by atoms with Gasteiger partial charge < -0.3 is 4.90 Å². The van der Waals surface area contributed by atoms with E-state index in [-0.39, 0.29) is 5.92 Å². The Kier molecular flexibility index (Phi) is 6.49. The molecule has 0 aromatic rings. The van der Waals surface area contributed by atoms with Crippen molar-refractivity contribution in [1.82, 2.24) is 4.90 Å². The molecule has 0 aromatic carbocycles. The zero-order valence-corrected chi connectivity index (χ0v) is 10.9. The fourth-order valence-electron chi connectivity index (χ4n) is 2.61. The minimum Gasteiger partial charge on any atom is -0.305 e. The summed E-state index contributed by atoms with van der Waals surface area (Å²) in [5.74, 6) is 1.18. The molecule has 0 heterocycles. The van der Waals surface area contributed by atoms with Crippen molar-refractivity contribution in [3.63, 3.8) is 0 Å². The third-order valence-corrected chi connectivity index (χ3v) is 3.85. The second kappa shape index (κ2) is 7.68. The van der Waals surface area contributed by atoms with Crippen molar-refractivity contribution in [2.75, 3.05) is 20.1 Å². The molecule has 2 nitrogen and oxygen atoms in total. The lowest BCUT2D eigenvalue weighted by Crippen LogP contribution is -2.27. The SMILES string of the molecule is CCC(C#N)CN(C)CCC1CCCCC1. The van der Waals surface area contributed by atoms with Crippen LogP contribution in [0.25, 0.3) is 0 Å². The maximum atomic E-state index is 8.92. The van der Waals surface area contributed by atoms with Crippen molar-refractivity contribution in [2.45, 2.75) is 51.9 Å². The second-order valence-corrected chi connectivity index (χ2v) is 5.29. The van der Waals surface area contributed by atoms with E-state index in [1.165, 1.54) is 45.1 Å². The zero-order chi connectivity index (χ0) is 11.8. The lowest BCUT2D eigenvalue weighted by Gasteiger charge is -2.25. The van der Waals surface area contributed by atoms with E-state index >= 15 is 0 Å². The zero-order valence-electron chi connectivity index (χ0n) is 10.9. The predicted molar refractivity (Wildman–Crippen MR) is 68.1 cm³/mol. The van der Waals surface area contributed by atoms with Crippen LogP contribution >= 0.6 is 0 Å². The average molecular weight is 222 g/mol. The van der Waals surface area contributed by atoms with Crippen LogP contribution in [0.15, 0.2) is 0 Å². The quantitative estimate of drug-likeness (QED) is 0.688. The fraction of sp³-hybridized carbons (Fsp3) is 0.929. The topological polar surface area (TPSA) is 27.0 Å². The van der Waals surface area contributed by atoms with Crippen LogP contribution in [0.3, 0.4) is 0 Å². The summed E-state index contributed by atoms with van der Waals surface area (Å²) in [6, 6.07) is 2.38. The molecule has 16 heavy (non-hydrogen) atoms. The Morgan fingerprint density at radius 2 is 2.00 bits per heavy atom. The summed E-state index contributed by atoms with van der Waals surface area (Å²) in [6.07, 6.45) is 9.49. The molecule has 0 spiro atoms. The molecule has 1 unspecified atom stereocenters. The van der Waals surface area contributed by atoms with E-state index in [4.69, 9.17) is 5.26 Å². The second-order valence-electron chi connectivity index (χ2n) is 5.29. The van der Waals surface area contributed by atoms with Gasteiger partial charge in [-0.05, 0) is 32.4 Å². The van der Waals surface area contributed by atoms with Crippen molar-refractivity contribution in [1.29, 1.82) is 5.26 Å². The molecule has 1 atom stereocenters. The van der Waals surface area contributed by atoms with Gasteiger partial charge in [0.2, 0.25) is 0 Å². The van der Waals surface area contributed by atoms with E-state index in [1.807, 2.05) is 0 Å². The molecule has 0 amide bonds. The number of rotatable bonds is 6. The first-order valence-electron chi connectivity index (χ1n) is 6.84. The predicted octanol–water partition coefficient (Wildman–Crippen LogP) is 3.44. The molecule has 0 radical (unpaired) electrons. The highest BCUT2D eigenvalue weighted by molar-refractivity contribution is 4.83. The van der Waals surface area contributed by atoms with Gasteiger partial charge in [0, 0.05) is 6.54 Å². The van der Waals surface area contributed by atoms with Crippen molar-refractivity contribution < 1.29 is 0 Å². The van der Waals surface area contributed by atoms with E-state index in [0.29, 0.717) is 0 Å². The van der Waals surface area contributed by atoms with Gasteiger partial charge >= 0.3 is 0 Å². The van der Waals surface area contributed by atoms with E-state index in [9.17, 15) is 0 Å².